The van der Waals surface area contributed by atoms with Crippen LogP contribution in [0.5, 0.6) is 0 Å². The maximum absolute atomic E-state index is 13.4. The van der Waals surface area contributed by atoms with Crippen LogP contribution in [-0.2, 0) is 12.0 Å². The number of fused-ring (bicyclic) bond motifs is 1. The van der Waals surface area contributed by atoms with E-state index < -0.39 is 11.7 Å². The first-order valence-electron chi connectivity index (χ1n) is 11.9. The SMILES string of the molecule is CN(C(=O)O)c1ccc(-c2cnc(C3(O)CCc4cc(-c5cc(Cl)ccc5-n5cnnn5)c[n+]([O-])c43)[nH]2)cc1. The van der Waals surface area contributed by atoms with E-state index in [1.165, 1.54) is 24.3 Å². The van der Waals surface area contributed by atoms with E-state index in [0.717, 1.165) is 10.5 Å². The summed E-state index contributed by atoms with van der Waals surface area (Å²) in [6.45, 7) is 0. The molecule has 0 bridgehead atoms. The van der Waals surface area contributed by atoms with Crippen LogP contribution >= 0.6 is 11.6 Å². The average molecular weight is 545 g/mol. The van der Waals surface area contributed by atoms with Crippen LogP contribution in [0.3, 0.4) is 0 Å². The number of tetrazole rings is 1. The summed E-state index contributed by atoms with van der Waals surface area (Å²) in [5.74, 6) is 0.248. The molecular weight excluding hydrogens is 524 g/mol. The number of rotatable bonds is 5. The predicted octanol–water partition coefficient (Wildman–Crippen LogP) is 3.30. The number of carbonyl (C=O) groups is 1. The number of imidazole rings is 1. The number of nitrogens with zero attached hydrogens (tertiary/aromatic N) is 7. The van der Waals surface area contributed by atoms with Gasteiger partial charge < -0.3 is 20.4 Å². The third-order valence-corrected chi connectivity index (χ3v) is 7.18. The largest absolute Gasteiger partial charge is 0.618 e. The molecule has 1 aliphatic carbocycles. The Balaban J connectivity index is 1.35. The van der Waals surface area contributed by atoms with Gasteiger partial charge in [0.05, 0.1) is 17.6 Å². The molecule has 5 aromatic rings. The summed E-state index contributed by atoms with van der Waals surface area (Å²) in [5, 5.41) is 46.1. The number of aromatic nitrogens is 7. The maximum atomic E-state index is 13.4. The van der Waals surface area contributed by atoms with Crippen molar-refractivity contribution in [3.05, 3.63) is 94.6 Å². The van der Waals surface area contributed by atoms with E-state index in [1.54, 1.807) is 48.7 Å². The molecule has 6 rings (SSSR count). The van der Waals surface area contributed by atoms with Crippen LogP contribution in [0, 0.1) is 5.21 Å². The number of halogens is 1. The Morgan fingerprint density at radius 3 is 2.72 bits per heavy atom. The number of amides is 1. The topological polar surface area (TPSA) is 160 Å². The van der Waals surface area contributed by atoms with E-state index in [4.69, 9.17) is 16.7 Å². The van der Waals surface area contributed by atoms with E-state index in [0.29, 0.717) is 49.9 Å². The van der Waals surface area contributed by atoms with E-state index in [-0.39, 0.29) is 17.9 Å². The van der Waals surface area contributed by atoms with Crippen molar-refractivity contribution in [2.24, 2.45) is 0 Å². The molecule has 13 heteroatoms. The van der Waals surface area contributed by atoms with Gasteiger partial charge >= 0.3 is 6.09 Å². The van der Waals surface area contributed by atoms with Crippen LogP contribution in [0.1, 0.15) is 23.5 Å². The summed E-state index contributed by atoms with van der Waals surface area (Å²) in [6, 6.07) is 13.9. The van der Waals surface area contributed by atoms with E-state index >= 15 is 0 Å². The summed E-state index contributed by atoms with van der Waals surface area (Å²) >= 11 is 6.27. The molecule has 0 spiro atoms. The number of benzene rings is 2. The Kier molecular flexibility index (Phi) is 5.78. The number of carboxylic acid groups (broad SMARTS) is 1. The highest BCUT2D eigenvalue weighted by atomic mass is 35.5. The van der Waals surface area contributed by atoms with Gasteiger partial charge in [-0.15, -0.1) is 5.10 Å². The van der Waals surface area contributed by atoms with E-state index in [9.17, 15) is 15.1 Å². The predicted molar refractivity (Wildman–Crippen MR) is 140 cm³/mol. The number of nitrogens with one attached hydrogen (secondary N) is 1. The highest BCUT2D eigenvalue weighted by Crippen LogP contribution is 2.41. The van der Waals surface area contributed by atoms with Crippen LogP contribution in [-0.4, -0.2) is 53.5 Å². The Morgan fingerprint density at radius 2 is 2.00 bits per heavy atom. The van der Waals surface area contributed by atoms with Crippen molar-refractivity contribution < 1.29 is 19.7 Å². The van der Waals surface area contributed by atoms with Crippen molar-refractivity contribution >= 4 is 23.4 Å². The molecule has 2 aromatic carbocycles. The quantitative estimate of drug-likeness (QED) is 0.224. The lowest BCUT2D eigenvalue weighted by molar-refractivity contribution is -0.620. The van der Waals surface area contributed by atoms with Crippen LogP contribution < -0.4 is 9.63 Å². The smallest absolute Gasteiger partial charge is 0.411 e. The van der Waals surface area contributed by atoms with Crippen molar-refractivity contribution in [3.8, 4) is 28.1 Å². The first-order valence-corrected chi connectivity index (χ1v) is 12.3. The Labute approximate surface area is 226 Å². The van der Waals surface area contributed by atoms with Gasteiger partial charge in [0.25, 0.3) is 0 Å². The number of hydrogen-bond donors (Lipinski definition) is 3. The second-order valence-corrected chi connectivity index (χ2v) is 9.67. The van der Waals surface area contributed by atoms with Crippen molar-refractivity contribution in [1.29, 1.82) is 0 Å². The summed E-state index contributed by atoms with van der Waals surface area (Å²) in [6.07, 6.45) is 4.08. The fraction of sp³-hybridized carbons (Fsp3) is 0.154. The molecule has 3 heterocycles. The van der Waals surface area contributed by atoms with Gasteiger partial charge in [-0.25, -0.2) is 9.78 Å². The Morgan fingerprint density at radius 1 is 1.21 bits per heavy atom. The van der Waals surface area contributed by atoms with Crippen molar-refractivity contribution in [2.45, 2.75) is 18.4 Å². The van der Waals surface area contributed by atoms with Gasteiger partial charge in [-0.3, -0.25) is 4.90 Å². The number of H-pyrrole nitrogens is 1. The molecule has 1 unspecified atom stereocenters. The molecule has 0 fully saturated rings. The highest BCUT2D eigenvalue weighted by Gasteiger charge is 2.48. The van der Waals surface area contributed by atoms with Gasteiger partial charge in [0, 0.05) is 34.4 Å². The molecule has 196 valence electrons. The first-order chi connectivity index (χ1) is 18.7. The lowest BCUT2D eigenvalue weighted by atomic mass is 9.98. The molecule has 1 amide bonds. The lowest BCUT2D eigenvalue weighted by Crippen LogP contribution is -2.42. The Hall–Kier alpha value is -4.81. The number of pyridine rings is 1. The number of aromatic amines is 1. The fourth-order valence-corrected chi connectivity index (χ4v) is 5.11. The number of anilines is 1. The van der Waals surface area contributed by atoms with Crippen LogP contribution in [0.4, 0.5) is 10.5 Å². The van der Waals surface area contributed by atoms with Gasteiger partial charge in [0.2, 0.25) is 11.3 Å². The second kappa shape index (κ2) is 9.19. The molecule has 0 aliphatic heterocycles. The minimum atomic E-state index is -1.62. The number of aliphatic hydroxyl groups is 1. The molecule has 3 N–H and O–H groups in total. The first kappa shape index (κ1) is 24.5. The summed E-state index contributed by atoms with van der Waals surface area (Å²) in [5.41, 5.74) is 3.07. The molecule has 39 heavy (non-hydrogen) atoms. The zero-order valence-corrected chi connectivity index (χ0v) is 21.2. The number of aryl methyl sites for hydroxylation is 1. The molecule has 0 saturated carbocycles. The molecular formula is C26H21ClN8O4. The van der Waals surface area contributed by atoms with Gasteiger partial charge in [-0.2, -0.15) is 9.41 Å². The molecule has 1 aliphatic rings. The van der Waals surface area contributed by atoms with Crippen molar-refractivity contribution in [3.63, 3.8) is 0 Å². The highest BCUT2D eigenvalue weighted by molar-refractivity contribution is 6.31. The molecule has 0 saturated heterocycles. The van der Waals surface area contributed by atoms with Crippen molar-refractivity contribution in [1.82, 2.24) is 30.2 Å². The minimum Gasteiger partial charge on any atom is -0.618 e. The Bertz CT molecular complexity index is 1700. The summed E-state index contributed by atoms with van der Waals surface area (Å²) < 4.78 is 2.17. The molecule has 1 atom stereocenters. The zero-order chi connectivity index (χ0) is 27.3. The van der Waals surface area contributed by atoms with Gasteiger partial charge in [0.15, 0.2) is 6.20 Å². The minimum absolute atomic E-state index is 0.205. The maximum Gasteiger partial charge on any atom is 0.411 e. The fourth-order valence-electron chi connectivity index (χ4n) is 4.94. The standard InChI is InChI=1S/C26H21ClN8O4/c1-33(25(36)37)19-5-2-15(3-6-19)21-12-28-24(30-21)26(38)9-8-16-10-17(13-35(39)23(16)26)20-11-18(27)4-7-22(20)34-14-29-31-32-34/h2-7,10-14,38H,8-9H2,1H3,(H,28,30)(H,36,37). The van der Waals surface area contributed by atoms with Crippen LogP contribution in [0.15, 0.2) is 67.3 Å². The second-order valence-electron chi connectivity index (χ2n) is 9.24. The molecule has 3 aromatic heterocycles. The van der Waals surface area contributed by atoms with Gasteiger partial charge in [0.1, 0.15) is 12.2 Å². The van der Waals surface area contributed by atoms with Gasteiger partial charge in [-0.05, 0) is 65.2 Å². The average Bonchev–Trinajstić information content (AvgIpc) is 3.70. The number of hydrogen-bond acceptors (Lipinski definition) is 7. The van der Waals surface area contributed by atoms with Crippen LogP contribution in [0.2, 0.25) is 5.02 Å². The van der Waals surface area contributed by atoms with Gasteiger partial charge in [-0.1, -0.05) is 23.7 Å². The molecule has 0 radical (unpaired) electrons. The van der Waals surface area contributed by atoms with Crippen molar-refractivity contribution in [2.75, 3.05) is 11.9 Å². The molecule has 12 nitrogen and oxygen atoms in total. The van der Waals surface area contributed by atoms with Crippen LogP contribution in [0.25, 0.3) is 28.1 Å². The lowest BCUT2D eigenvalue weighted by Gasteiger charge is -2.20. The third-order valence-electron chi connectivity index (χ3n) is 6.94. The monoisotopic (exact) mass is 544 g/mol. The van der Waals surface area contributed by atoms with E-state index in [2.05, 4.69) is 25.5 Å². The summed E-state index contributed by atoms with van der Waals surface area (Å²) in [4.78, 5) is 19.9. The zero-order valence-electron chi connectivity index (χ0n) is 20.5. The van der Waals surface area contributed by atoms with E-state index in [1.807, 2.05) is 6.07 Å². The normalized spacial score (nSPS) is 16.3. The summed E-state index contributed by atoms with van der Waals surface area (Å²) in [7, 11) is 1.46. The third kappa shape index (κ3) is 4.15.